The van der Waals surface area contributed by atoms with E-state index in [9.17, 15) is 4.79 Å². The van der Waals surface area contributed by atoms with E-state index < -0.39 is 0 Å². The molecule has 0 unspecified atom stereocenters. The molecule has 0 aromatic rings. The number of nitrogens with zero attached hydrogens (tertiary/aromatic N) is 2. The molecule has 0 aromatic carbocycles. The van der Waals surface area contributed by atoms with Crippen molar-refractivity contribution in [2.45, 2.75) is 0 Å². The van der Waals surface area contributed by atoms with Crippen LogP contribution < -0.4 is 0 Å². The van der Waals surface area contributed by atoms with Crippen molar-refractivity contribution in [2.75, 3.05) is 13.3 Å². The molecule has 0 atom stereocenters. The van der Waals surface area contributed by atoms with Gasteiger partial charge in [0.05, 0.1) is 0 Å². The van der Waals surface area contributed by atoms with E-state index in [0.717, 1.165) is 16.7 Å². The highest BCUT2D eigenvalue weighted by Crippen LogP contribution is 1.98. The topological polar surface area (TPSA) is 44.1 Å². The minimum absolute atomic E-state index is 0.229. The molecule has 0 aliphatic rings. The van der Waals surface area contributed by atoms with E-state index in [-0.39, 0.29) is 5.24 Å². The number of nitriles is 1. The van der Waals surface area contributed by atoms with Gasteiger partial charge in [0, 0.05) is 7.05 Å². The van der Waals surface area contributed by atoms with E-state index in [4.69, 9.17) is 5.26 Å². The molecule has 3 nitrogen and oxygen atoms in total. The summed E-state index contributed by atoms with van der Waals surface area (Å²) >= 11 is 1.02. The minimum atomic E-state index is -0.229. The summed E-state index contributed by atoms with van der Waals surface area (Å²) in [6.07, 6.45) is 3.31. The Morgan fingerprint density at radius 2 is 2.38 bits per heavy atom. The summed E-state index contributed by atoms with van der Waals surface area (Å²) in [5, 5.41) is 7.85. The Labute approximate surface area is 52.3 Å². The van der Waals surface area contributed by atoms with Gasteiger partial charge in [0.15, 0.2) is 6.19 Å². The zero-order valence-electron chi connectivity index (χ0n) is 4.71. The van der Waals surface area contributed by atoms with Crippen LogP contribution in [0.3, 0.4) is 0 Å². The van der Waals surface area contributed by atoms with Gasteiger partial charge in [0.1, 0.15) is 0 Å². The van der Waals surface area contributed by atoms with Crippen LogP contribution in [0.1, 0.15) is 0 Å². The SMILES string of the molecule is CSC(=O)N(C)C#N. The standard InChI is InChI=1S/C4H6N2OS/c1-6(3-5)4(7)8-2/h1-2H3. The molecule has 0 N–H and O–H groups in total. The van der Waals surface area contributed by atoms with Crippen LogP contribution in [0.5, 0.6) is 0 Å². The van der Waals surface area contributed by atoms with Crippen molar-refractivity contribution in [3.8, 4) is 6.19 Å². The highest BCUT2D eigenvalue weighted by atomic mass is 32.2. The first kappa shape index (κ1) is 7.31. The third-order valence-electron chi connectivity index (χ3n) is 0.598. The molecule has 0 heterocycles. The van der Waals surface area contributed by atoms with Gasteiger partial charge in [-0.1, -0.05) is 11.8 Å². The van der Waals surface area contributed by atoms with Crippen LogP contribution in [0.25, 0.3) is 0 Å². The van der Waals surface area contributed by atoms with Crippen molar-refractivity contribution in [1.29, 1.82) is 5.26 Å². The number of amides is 1. The first-order valence-electron chi connectivity index (χ1n) is 1.93. The van der Waals surface area contributed by atoms with Crippen LogP contribution in [-0.4, -0.2) is 23.4 Å². The number of rotatable bonds is 0. The van der Waals surface area contributed by atoms with Crippen molar-refractivity contribution in [3.05, 3.63) is 0 Å². The van der Waals surface area contributed by atoms with Crippen LogP contribution in [0.4, 0.5) is 4.79 Å². The molecular weight excluding hydrogens is 124 g/mol. The lowest BCUT2D eigenvalue weighted by molar-refractivity contribution is 0.247. The lowest BCUT2D eigenvalue weighted by Gasteiger charge is -2.00. The van der Waals surface area contributed by atoms with Gasteiger partial charge in [0.25, 0.3) is 5.24 Å². The van der Waals surface area contributed by atoms with Gasteiger partial charge in [-0.25, -0.2) is 4.90 Å². The number of hydrogen-bond acceptors (Lipinski definition) is 3. The lowest BCUT2D eigenvalue weighted by Crippen LogP contribution is -2.14. The van der Waals surface area contributed by atoms with Gasteiger partial charge >= 0.3 is 0 Å². The lowest BCUT2D eigenvalue weighted by atomic mass is 10.9. The molecule has 0 saturated carbocycles. The molecule has 1 amide bonds. The number of hydrogen-bond donors (Lipinski definition) is 0. The van der Waals surface area contributed by atoms with Gasteiger partial charge in [-0.2, -0.15) is 5.26 Å². The molecule has 0 saturated heterocycles. The van der Waals surface area contributed by atoms with Crippen LogP contribution in [0.15, 0.2) is 0 Å². The molecule has 0 radical (unpaired) electrons. The van der Waals surface area contributed by atoms with E-state index in [1.807, 2.05) is 0 Å². The Morgan fingerprint density at radius 1 is 1.88 bits per heavy atom. The number of carbonyl (C=O) groups is 1. The fraction of sp³-hybridized carbons (Fsp3) is 0.500. The molecule has 0 aliphatic carbocycles. The first-order chi connectivity index (χ1) is 3.72. The summed E-state index contributed by atoms with van der Waals surface area (Å²) in [6.45, 7) is 0. The fourth-order valence-corrected chi connectivity index (χ4v) is 0.492. The van der Waals surface area contributed by atoms with E-state index in [1.165, 1.54) is 7.05 Å². The molecular formula is C4H6N2OS. The molecule has 8 heavy (non-hydrogen) atoms. The largest absolute Gasteiger partial charge is 0.294 e. The highest BCUT2D eigenvalue weighted by Gasteiger charge is 2.02. The molecule has 0 aliphatic heterocycles. The maximum Gasteiger partial charge on any atom is 0.294 e. The summed E-state index contributed by atoms with van der Waals surface area (Å²) in [4.78, 5) is 11.4. The average Bonchev–Trinajstić information content (AvgIpc) is 1.84. The summed E-state index contributed by atoms with van der Waals surface area (Å²) in [6, 6.07) is 0. The van der Waals surface area contributed by atoms with E-state index >= 15 is 0 Å². The zero-order chi connectivity index (χ0) is 6.57. The Kier molecular flexibility index (Phi) is 3.04. The van der Waals surface area contributed by atoms with Crippen LogP contribution in [0, 0.1) is 11.5 Å². The fourth-order valence-electron chi connectivity index (χ4n) is 0.178. The molecule has 0 spiro atoms. The smallest absolute Gasteiger partial charge is 0.261 e. The summed E-state index contributed by atoms with van der Waals surface area (Å²) in [7, 11) is 1.43. The highest BCUT2D eigenvalue weighted by molar-refractivity contribution is 8.12. The van der Waals surface area contributed by atoms with Gasteiger partial charge in [0.2, 0.25) is 0 Å². The number of carbonyl (C=O) groups excluding carboxylic acids is 1. The Balaban J connectivity index is 3.68. The van der Waals surface area contributed by atoms with Crippen LogP contribution in [-0.2, 0) is 0 Å². The minimum Gasteiger partial charge on any atom is -0.261 e. The predicted octanol–water partition coefficient (Wildman–Crippen LogP) is 0.882. The van der Waals surface area contributed by atoms with Crippen molar-refractivity contribution in [1.82, 2.24) is 4.90 Å². The maximum atomic E-state index is 10.4. The maximum absolute atomic E-state index is 10.4. The van der Waals surface area contributed by atoms with Gasteiger partial charge in [-0.3, -0.25) is 4.79 Å². The molecule has 0 bridgehead atoms. The second kappa shape index (κ2) is 3.33. The average molecular weight is 130 g/mol. The van der Waals surface area contributed by atoms with Crippen LogP contribution >= 0.6 is 11.8 Å². The van der Waals surface area contributed by atoms with Crippen LogP contribution in [0.2, 0.25) is 0 Å². The zero-order valence-corrected chi connectivity index (χ0v) is 5.53. The van der Waals surface area contributed by atoms with Crippen molar-refractivity contribution < 1.29 is 4.79 Å². The van der Waals surface area contributed by atoms with Crippen molar-refractivity contribution in [3.63, 3.8) is 0 Å². The summed E-state index contributed by atoms with van der Waals surface area (Å²) < 4.78 is 0. The summed E-state index contributed by atoms with van der Waals surface area (Å²) in [5.74, 6) is 0. The Hall–Kier alpha value is -0.690. The molecule has 0 aromatic heterocycles. The number of thioether (sulfide) groups is 1. The Bertz CT molecular complexity index is 128. The molecule has 44 valence electrons. The first-order valence-corrected chi connectivity index (χ1v) is 3.16. The van der Waals surface area contributed by atoms with Crippen molar-refractivity contribution >= 4 is 17.0 Å². The normalized spacial score (nSPS) is 7.62. The van der Waals surface area contributed by atoms with E-state index in [2.05, 4.69) is 0 Å². The molecule has 0 rings (SSSR count). The third kappa shape index (κ3) is 1.85. The van der Waals surface area contributed by atoms with Crippen molar-refractivity contribution in [2.24, 2.45) is 0 Å². The second-order valence-electron chi connectivity index (χ2n) is 1.13. The quantitative estimate of drug-likeness (QED) is 0.361. The predicted molar refractivity (Wildman–Crippen MR) is 32.3 cm³/mol. The second-order valence-corrected chi connectivity index (χ2v) is 1.89. The molecule has 4 heteroatoms. The third-order valence-corrected chi connectivity index (χ3v) is 1.22. The Morgan fingerprint density at radius 3 is 2.50 bits per heavy atom. The molecule has 0 fully saturated rings. The summed E-state index contributed by atoms with van der Waals surface area (Å²) in [5.41, 5.74) is 0. The monoisotopic (exact) mass is 130 g/mol. The van der Waals surface area contributed by atoms with E-state index in [1.54, 1.807) is 12.4 Å². The van der Waals surface area contributed by atoms with Gasteiger partial charge in [-0.05, 0) is 6.26 Å². The van der Waals surface area contributed by atoms with E-state index in [0.29, 0.717) is 0 Å². The van der Waals surface area contributed by atoms with Gasteiger partial charge in [-0.15, -0.1) is 0 Å². The van der Waals surface area contributed by atoms with Gasteiger partial charge < -0.3 is 0 Å².